The molecule has 0 saturated heterocycles. The van der Waals surface area contributed by atoms with E-state index in [2.05, 4.69) is 38.8 Å². The van der Waals surface area contributed by atoms with Crippen molar-refractivity contribution in [3.05, 3.63) is 57.8 Å². The Hall–Kier alpha value is -1.52. The summed E-state index contributed by atoms with van der Waals surface area (Å²) >= 11 is 9.70. The molecule has 0 bridgehead atoms. The third-order valence-corrected chi connectivity index (χ3v) is 4.33. The van der Waals surface area contributed by atoms with Gasteiger partial charge in [-0.1, -0.05) is 39.7 Å². The molecule has 0 aliphatic carbocycles. The number of rotatable bonds is 3. The maximum atomic E-state index is 6.24. The molecule has 3 aromatic rings. The number of nitrogens with one attached hydrogen (secondary N) is 1. The van der Waals surface area contributed by atoms with Crippen molar-refractivity contribution in [2.24, 2.45) is 7.05 Å². The molecule has 108 valence electrons. The fourth-order valence-electron chi connectivity index (χ4n) is 2.46. The van der Waals surface area contributed by atoms with E-state index in [1.807, 2.05) is 43.4 Å². The lowest BCUT2D eigenvalue weighted by Crippen LogP contribution is -2.12. The Balaban J connectivity index is 1.95. The van der Waals surface area contributed by atoms with Crippen LogP contribution < -0.4 is 5.32 Å². The third-order valence-electron chi connectivity index (χ3n) is 3.51. The number of imidazole rings is 1. The summed E-state index contributed by atoms with van der Waals surface area (Å²) in [6, 6.07) is 13.9. The standard InChI is InChI=1S/C16H15BrClN3/c1-10(19-14-9-11(17)7-8-12(14)18)16-20-13-5-3-4-6-15(13)21(16)2/h3-10,19H,1-2H3. The van der Waals surface area contributed by atoms with Crippen molar-refractivity contribution in [1.29, 1.82) is 0 Å². The summed E-state index contributed by atoms with van der Waals surface area (Å²) in [5.74, 6) is 0.979. The number of anilines is 1. The van der Waals surface area contributed by atoms with Gasteiger partial charge in [0.15, 0.2) is 0 Å². The van der Waals surface area contributed by atoms with Gasteiger partial charge in [0.25, 0.3) is 0 Å². The quantitative estimate of drug-likeness (QED) is 0.695. The van der Waals surface area contributed by atoms with Crippen LogP contribution in [0.1, 0.15) is 18.8 Å². The van der Waals surface area contributed by atoms with Crippen LogP contribution in [0.3, 0.4) is 0 Å². The summed E-state index contributed by atoms with van der Waals surface area (Å²) in [5, 5.41) is 4.12. The molecule has 1 heterocycles. The minimum absolute atomic E-state index is 0.0502. The van der Waals surface area contributed by atoms with Crippen molar-refractivity contribution in [2.75, 3.05) is 5.32 Å². The Labute approximate surface area is 137 Å². The van der Waals surface area contributed by atoms with E-state index in [-0.39, 0.29) is 6.04 Å². The second-order valence-corrected chi connectivity index (χ2v) is 6.33. The molecule has 0 fully saturated rings. The van der Waals surface area contributed by atoms with Gasteiger partial charge in [0.1, 0.15) is 5.82 Å². The zero-order chi connectivity index (χ0) is 15.0. The average molecular weight is 365 g/mol. The first kappa shape index (κ1) is 14.4. The molecule has 1 aromatic heterocycles. The van der Waals surface area contributed by atoms with Crippen molar-refractivity contribution < 1.29 is 0 Å². The Morgan fingerprint density at radius 1 is 1.24 bits per heavy atom. The first-order chi connectivity index (χ1) is 10.1. The van der Waals surface area contributed by atoms with Crippen LogP contribution in [-0.2, 0) is 7.05 Å². The minimum Gasteiger partial charge on any atom is -0.374 e. The zero-order valence-electron chi connectivity index (χ0n) is 11.8. The third kappa shape index (κ3) is 2.78. The molecule has 0 amide bonds. The van der Waals surface area contributed by atoms with E-state index in [0.29, 0.717) is 5.02 Å². The number of aromatic nitrogens is 2. The van der Waals surface area contributed by atoms with Crippen LogP contribution in [0.4, 0.5) is 5.69 Å². The van der Waals surface area contributed by atoms with Crippen LogP contribution in [0.15, 0.2) is 46.9 Å². The molecule has 2 aromatic carbocycles. The first-order valence-corrected chi connectivity index (χ1v) is 7.86. The normalized spacial score (nSPS) is 12.6. The summed E-state index contributed by atoms with van der Waals surface area (Å²) in [4.78, 5) is 4.71. The van der Waals surface area contributed by atoms with E-state index in [0.717, 1.165) is 27.0 Å². The number of hydrogen-bond acceptors (Lipinski definition) is 2. The Morgan fingerprint density at radius 2 is 2.00 bits per heavy atom. The lowest BCUT2D eigenvalue weighted by molar-refractivity contribution is 0.734. The van der Waals surface area contributed by atoms with E-state index < -0.39 is 0 Å². The number of halogens is 2. The van der Waals surface area contributed by atoms with Gasteiger partial charge in [0.2, 0.25) is 0 Å². The molecule has 3 rings (SSSR count). The van der Waals surface area contributed by atoms with Gasteiger partial charge in [0, 0.05) is 11.5 Å². The number of hydrogen-bond donors (Lipinski definition) is 1. The highest BCUT2D eigenvalue weighted by atomic mass is 79.9. The van der Waals surface area contributed by atoms with Crippen molar-refractivity contribution >= 4 is 44.3 Å². The molecule has 3 nitrogen and oxygen atoms in total. The first-order valence-electron chi connectivity index (χ1n) is 6.69. The van der Waals surface area contributed by atoms with E-state index in [1.54, 1.807) is 0 Å². The molecule has 0 aliphatic rings. The highest BCUT2D eigenvalue weighted by Crippen LogP contribution is 2.29. The molecule has 1 N–H and O–H groups in total. The van der Waals surface area contributed by atoms with Crippen LogP contribution in [0.5, 0.6) is 0 Å². The number of aryl methyl sites for hydroxylation is 1. The largest absolute Gasteiger partial charge is 0.374 e. The molecular weight excluding hydrogens is 350 g/mol. The lowest BCUT2D eigenvalue weighted by Gasteiger charge is -2.16. The summed E-state index contributed by atoms with van der Waals surface area (Å²) in [5.41, 5.74) is 3.02. The molecule has 21 heavy (non-hydrogen) atoms. The van der Waals surface area contributed by atoms with Crippen LogP contribution in [0, 0.1) is 0 Å². The molecule has 1 atom stereocenters. The number of fused-ring (bicyclic) bond motifs is 1. The Kier molecular flexibility index (Phi) is 3.91. The highest BCUT2D eigenvalue weighted by Gasteiger charge is 2.15. The molecule has 0 saturated carbocycles. The van der Waals surface area contributed by atoms with Crippen LogP contribution in [0.25, 0.3) is 11.0 Å². The summed E-state index contributed by atoms with van der Waals surface area (Å²) in [6.07, 6.45) is 0. The highest BCUT2D eigenvalue weighted by molar-refractivity contribution is 9.10. The van der Waals surface area contributed by atoms with Gasteiger partial charge in [-0.2, -0.15) is 0 Å². The number of para-hydroxylation sites is 2. The van der Waals surface area contributed by atoms with Crippen molar-refractivity contribution in [3.8, 4) is 0 Å². The van der Waals surface area contributed by atoms with Gasteiger partial charge in [-0.05, 0) is 37.3 Å². The lowest BCUT2D eigenvalue weighted by atomic mass is 10.2. The van der Waals surface area contributed by atoms with E-state index >= 15 is 0 Å². The van der Waals surface area contributed by atoms with Gasteiger partial charge in [-0.25, -0.2) is 4.98 Å². The maximum absolute atomic E-state index is 6.24. The summed E-state index contributed by atoms with van der Waals surface area (Å²) in [6.45, 7) is 2.08. The van der Waals surface area contributed by atoms with Crippen molar-refractivity contribution in [2.45, 2.75) is 13.0 Å². The number of nitrogens with zero attached hydrogens (tertiary/aromatic N) is 2. The smallest absolute Gasteiger partial charge is 0.131 e. The van der Waals surface area contributed by atoms with Gasteiger partial charge >= 0.3 is 0 Å². The maximum Gasteiger partial charge on any atom is 0.131 e. The monoisotopic (exact) mass is 363 g/mol. The van der Waals surface area contributed by atoms with E-state index in [9.17, 15) is 0 Å². The molecule has 1 unspecified atom stereocenters. The fraction of sp³-hybridized carbons (Fsp3) is 0.188. The molecule has 0 spiro atoms. The van der Waals surface area contributed by atoms with Crippen LogP contribution in [0.2, 0.25) is 5.02 Å². The zero-order valence-corrected chi connectivity index (χ0v) is 14.1. The molecule has 5 heteroatoms. The Bertz CT molecular complexity index is 797. The van der Waals surface area contributed by atoms with Gasteiger partial charge in [0.05, 0.1) is 27.8 Å². The fourth-order valence-corrected chi connectivity index (χ4v) is 2.99. The van der Waals surface area contributed by atoms with Crippen LogP contribution in [-0.4, -0.2) is 9.55 Å². The Morgan fingerprint density at radius 3 is 2.76 bits per heavy atom. The van der Waals surface area contributed by atoms with Gasteiger partial charge in [-0.3, -0.25) is 0 Å². The SMILES string of the molecule is CC(Nc1cc(Br)ccc1Cl)c1nc2ccccc2n1C. The predicted octanol–water partition coefficient (Wildman–Crippen LogP) is 5.16. The molecular formula is C16H15BrClN3. The summed E-state index contributed by atoms with van der Waals surface area (Å²) < 4.78 is 3.10. The second kappa shape index (κ2) is 5.70. The van der Waals surface area contributed by atoms with Crippen molar-refractivity contribution in [1.82, 2.24) is 9.55 Å². The average Bonchev–Trinajstić information content (AvgIpc) is 2.81. The summed E-state index contributed by atoms with van der Waals surface area (Å²) in [7, 11) is 2.03. The molecule has 0 aliphatic heterocycles. The second-order valence-electron chi connectivity index (χ2n) is 5.01. The van der Waals surface area contributed by atoms with Crippen LogP contribution >= 0.6 is 27.5 Å². The minimum atomic E-state index is 0.0502. The number of benzene rings is 2. The molecule has 0 radical (unpaired) electrons. The van der Waals surface area contributed by atoms with Gasteiger partial charge < -0.3 is 9.88 Å². The van der Waals surface area contributed by atoms with Gasteiger partial charge in [-0.15, -0.1) is 0 Å². The topological polar surface area (TPSA) is 29.9 Å². The van der Waals surface area contributed by atoms with E-state index in [4.69, 9.17) is 16.6 Å². The van der Waals surface area contributed by atoms with Crippen molar-refractivity contribution in [3.63, 3.8) is 0 Å². The van der Waals surface area contributed by atoms with E-state index in [1.165, 1.54) is 0 Å². The predicted molar refractivity (Wildman–Crippen MR) is 91.9 cm³/mol.